The van der Waals surface area contributed by atoms with Crippen molar-refractivity contribution in [2.45, 2.75) is 13.3 Å². The minimum atomic E-state index is -1.09. The average molecular weight is 179 g/mol. The molecule has 3 heteroatoms. The van der Waals surface area contributed by atoms with Gasteiger partial charge in [0.2, 0.25) is 0 Å². The second-order valence-electron chi connectivity index (χ2n) is 3.05. The number of aliphatic carboxylic acids is 1. The van der Waals surface area contributed by atoms with Gasteiger partial charge in [0.05, 0.1) is 0 Å². The smallest absolute Gasteiger partial charge is 0.118 e. The van der Waals surface area contributed by atoms with Crippen LogP contribution in [0.2, 0.25) is 0 Å². The summed E-state index contributed by atoms with van der Waals surface area (Å²) in [5.41, 5.74) is 0.638. The first kappa shape index (κ1) is 9.58. The number of para-hydroxylation sites is 1. The highest BCUT2D eigenvalue weighted by atomic mass is 16.4. The number of carboxylic acids is 1. The fourth-order valence-electron chi connectivity index (χ4n) is 1.10. The Morgan fingerprint density at radius 3 is 2.69 bits per heavy atom. The topological polar surface area (TPSA) is 60.4 Å². The first-order chi connectivity index (χ1) is 6.11. The van der Waals surface area contributed by atoms with Crippen molar-refractivity contribution in [3.8, 4) is 5.75 Å². The third-order valence-corrected chi connectivity index (χ3v) is 1.92. The van der Waals surface area contributed by atoms with Crippen LogP contribution in [0, 0.1) is 5.92 Å². The number of aromatic hydroxyl groups is 1. The summed E-state index contributed by atoms with van der Waals surface area (Å²) in [6.45, 7) is 1.56. The third-order valence-electron chi connectivity index (χ3n) is 1.92. The quantitative estimate of drug-likeness (QED) is 0.727. The van der Waals surface area contributed by atoms with Gasteiger partial charge in [-0.25, -0.2) is 0 Å². The van der Waals surface area contributed by atoms with E-state index in [1.807, 2.05) is 0 Å². The molecule has 0 amide bonds. The van der Waals surface area contributed by atoms with E-state index >= 15 is 0 Å². The van der Waals surface area contributed by atoms with Crippen LogP contribution in [0.5, 0.6) is 5.75 Å². The molecular weight excluding hydrogens is 168 g/mol. The molecule has 1 atom stereocenters. The number of hydrogen-bond donors (Lipinski definition) is 1. The summed E-state index contributed by atoms with van der Waals surface area (Å²) < 4.78 is 0. The predicted octanol–water partition coefficient (Wildman–Crippen LogP) is 0.321. The minimum absolute atomic E-state index is 0.135. The second kappa shape index (κ2) is 3.94. The molecule has 0 bridgehead atoms. The number of rotatable bonds is 3. The SMILES string of the molecule is CC(Cc1ccccc1O)C(=O)[O-]. The zero-order valence-corrected chi connectivity index (χ0v) is 7.36. The van der Waals surface area contributed by atoms with Crippen LogP contribution in [0.3, 0.4) is 0 Å². The molecular formula is C10H11O3-. The van der Waals surface area contributed by atoms with Crippen LogP contribution < -0.4 is 5.11 Å². The van der Waals surface area contributed by atoms with Gasteiger partial charge in [0.15, 0.2) is 0 Å². The molecule has 0 heterocycles. The molecule has 1 aromatic carbocycles. The average Bonchev–Trinajstić information content (AvgIpc) is 2.08. The van der Waals surface area contributed by atoms with Crippen molar-refractivity contribution in [1.82, 2.24) is 0 Å². The highest BCUT2D eigenvalue weighted by molar-refractivity contribution is 5.67. The molecule has 0 fully saturated rings. The van der Waals surface area contributed by atoms with Gasteiger partial charge in [-0.3, -0.25) is 0 Å². The Labute approximate surface area is 76.6 Å². The molecule has 0 saturated carbocycles. The summed E-state index contributed by atoms with van der Waals surface area (Å²) in [5, 5.41) is 19.8. The molecule has 13 heavy (non-hydrogen) atoms. The lowest BCUT2D eigenvalue weighted by atomic mass is 10.0. The molecule has 0 aliphatic carbocycles. The summed E-state index contributed by atoms with van der Waals surface area (Å²) in [7, 11) is 0. The number of carboxylic acid groups (broad SMARTS) is 1. The number of phenols is 1. The second-order valence-corrected chi connectivity index (χ2v) is 3.05. The predicted molar refractivity (Wildman–Crippen MR) is 46.0 cm³/mol. The van der Waals surface area contributed by atoms with E-state index < -0.39 is 11.9 Å². The van der Waals surface area contributed by atoms with Gasteiger partial charge < -0.3 is 15.0 Å². The molecule has 0 aromatic heterocycles. The number of phenolic OH excluding ortho intramolecular Hbond substituents is 1. The first-order valence-corrected chi connectivity index (χ1v) is 4.09. The monoisotopic (exact) mass is 179 g/mol. The van der Waals surface area contributed by atoms with E-state index in [9.17, 15) is 15.0 Å². The van der Waals surface area contributed by atoms with E-state index in [0.29, 0.717) is 12.0 Å². The molecule has 0 saturated heterocycles. The van der Waals surface area contributed by atoms with Crippen LogP contribution in [0.1, 0.15) is 12.5 Å². The highest BCUT2D eigenvalue weighted by Crippen LogP contribution is 2.18. The van der Waals surface area contributed by atoms with Crippen LogP contribution in [-0.2, 0) is 11.2 Å². The lowest BCUT2D eigenvalue weighted by Crippen LogP contribution is -2.30. The number of hydrogen-bond acceptors (Lipinski definition) is 3. The van der Waals surface area contributed by atoms with Gasteiger partial charge in [-0.05, 0) is 24.0 Å². The lowest BCUT2D eigenvalue weighted by molar-refractivity contribution is -0.310. The summed E-state index contributed by atoms with van der Waals surface area (Å²) in [6.07, 6.45) is 0.301. The summed E-state index contributed by atoms with van der Waals surface area (Å²) in [6, 6.07) is 6.70. The molecule has 0 aliphatic heterocycles. The van der Waals surface area contributed by atoms with Crippen LogP contribution in [0.4, 0.5) is 0 Å². The van der Waals surface area contributed by atoms with Gasteiger partial charge >= 0.3 is 0 Å². The fourth-order valence-corrected chi connectivity index (χ4v) is 1.10. The molecule has 1 aromatic rings. The Bertz CT molecular complexity index is 307. The Hall–Kier alpha value is -1.51. The van der Waals surface area contributed by atoms with Gasteiger partial charge in [0.25, 0.3) is 0 Å². The summed E-state index contributed by atoms with van der Waals surface area (Å²) >= 11 is 0. The number of benzene rings is 1. The van der Waals surface area contributed by atoms with Gasteiger partial charge in [0, 0.05) is 5.97 Å². The Kier molecular flexibility index (Phi) is 2.90. The maximum atomic E-state index is 10.4. The van der Waals surface area contributed by atoms with Crippen LogP contribution in [0.15, 0.2) is 24.3 Å². The van der Waals surface area contributed by atoms with Crippen LogP contribution in [-0.4, -0.2) is 11.1 Å². The van der Waals surface area contributed by atoms with Crippen LogP contribution in [0.25, 0.3) is 0 Å². The van der Waals surface area contributed by atoms with Crippen molar-refractivity contribution < 1.29 is 15.0 Å². The summed E-state index contributed by atoms with van der Waals surface area (Å²) in [4.78, 5) is 10.4. The molecule has 0 radical (unpaired) electrons. The number of carbonyl (C=O) groups is 1. The molecule has 1 N–H and O–H groups in total. The third kappa shape index (κ3) is 2.47. The Balaban J connectivity index is 2.74. The van der Waals surface area contributed by atoms with Gasteiger partial charge in [-0.2, -0.15) is 0 Å². The van der Waals surface area contributed by atoms with Crippen molar-refractivity contribution in [1.29, 1.82) is 0 Å². The van der Waals surface area contributed by atoms with Crippen molar-refractivity contribution in [2.24, 2.45) is 5.92 Å². The van der Waals surface area contributed by atoms with Crippen LogP contribution >= 0.6 is 0 Å². The maximum absolute atomic E-state index is 10.4. The van der Waals surface area contributed by atoms with Crippen molar-refractivity contribution >= 4 is 5.97 Å². The normalized spacial score (nSPS) is 12.4. The van der Waals surface area contributed by atoms with E-state index in [1.54, 1.807) is 25.1 Å². The van der Waals surface area contributed by atoms with Gasteiger partial charge in [-0.1, -0.05) is 25.1 Å². The fraction of sp³-hybridized carbons (Fsp3) is 0.300. The largest absolute Gasteiger partial charge is 0.550 e. The molecule has 3 nitrogen and oxygen atoms in total. The van der Waals surface area contributed by atoms with Gasteiger partial charge in [0.1, 0.15) is 5.75 Å². The molecule has 0 spiro atoms. The van der Waals surface area contributed by atoms with E-state index in [-0.39, 0.29) is 5.75 Å². The molecule has 0 aliphatic rings. The maximum Gasteiger partial charge on any atom is 0.118 e. The Morgan fingerprint density at radius 1 is 1.54 bits per heavy atom. The zero-order chi connectivity index (χ0) is 9.84. The van der Waals surface area contributed by atoms with Crippen molar-refractivity contribution in [2.75, 3.05) is 0 Å². The standard InChI is InChI=1S/C10H12O3/c1-7(10(12)13)6-8-4-2-3-5-9(8)11/h2-5,7,11H,6H2,1H3,(H,12,13)/p-1. The highest BCUT2D eigenvalue weighted by Gasteiger charge is 2.06. The van der Waals surface area contributed by atoms with Crippen molar-refractivity contribution in [3.63, 3.8) is 0 Å². The molecule has 70 valence electrons. The zero-order valence-electron chi connectivity index (χ0n) is 7.36. The first-order valence-electron chi connectivity index (χ1n) is 4.09. The van der Waals surface area contributed by atoms with E-state index in [2.05, 4.69) is 0 Å². The van der Waals surface area contributed by atoms with Crippen molar-refractivity contribution in [3.05, 3.63) is 29.8 Å². The summed E-state index contributed by atoms with van der Waals surface area (Å²) in [5.74, 6) is -1.54. The Morgan fingerprint density at radius 2 is 2.15 bits per heavy atom. The number of carbonyl (C=O) groups excluding carboxylic acids is 1. The van der Waals surface area contributed by atoms with E-state index in [0.717, 1.165) is 0 Å². The molecule has 1 rings (SSSR count). The van der Waals surface area contributed by atoms with Gasteiger partial charge in [-0.15, -0.1) is 0 Å². The van der Waals surface area contributed by atoms with E-state index in [4.69, 9.17) is 0 Å². The molecule has 1 unspecified atom stereocenters. The van der Waals surface area contributed by atoms with E-state index in [1.165, 1.54) is 6.07 Å². The lowest BCUT2D eigenvalue weighted by Gasteiger charge is -2.12. The minimum Gasteiger partial charge on any atom is -0.550 e.